The molecule has 0 saturated heterocycles. The van der Waals surface area contributed by atoms with Crippen molar-refractivity contribution in [1.82, 2.24) is 0 Å². The molecule has 0 amide bonds. The van der Waals surface area contributed by atoms with Crippen LogP contribution in [0.1, 0.15) is 5.56 Å². The molecular weight excluding hydrogens is 298 g/mol. The lowest BCUT2D eigenvalue weighted by Crippen LogP contribution is -2.12. The predicted molar refractivity (Wildman–Crippen MR) is 87.6 cm³/mol. The Morgan fingerprint density at radius 3 is 2.41 bits per heavy atom. The minimum Gasteiger partial charge on any atom is -0.508 e. The van der Waals surface area contributed by atoms with Gasteiger partial charge in [0.15, 0.2) is 0 Å². The quantitative estimate of drug-likeness (QED) is 0.775. The van der Waals surface area contributed by atoms with Crippen molar-refractivity contribution in [2.24, 2.45) is 0 Å². The summed E-state index contributed by atoms with van der Waals surface area (Å²) in [5, 5.41) is 11.3. The number of nitrogens with one attached hydrogen (secondary N) is 1. The first-order valence-corrected chi connectivity index (χ1v) is 8.26. The first-order chi connectivity index (χ1) is 10.5. The number of phenolic OH excluding ortho intramolecular Hbond substituents is 1. The molecule has 0 aliphatic rings. The normalized spacial score (nSPS) is 11.5. The van der Waals surface area contributed by atoms with E-state index in [-0.39, 0.29) is 10.6 Å². The Labute approximate surface area is 129 Å². The molecule has 4 nitrogen and oxygen atoms in total. The van der Waals surface area contributed by atoms with E-state index in [0.29, 0.717) is 5.69 Å². The lowest BCUT2D eigenvalue weighted by Gasteiger charge is -2.10. The number of benzene rings is 3. The second kappa shape index (κ2) is 5.35. The Morgan fingerprint density at radius 2 is 1.68 bits per heavy atom. The molecule has 0 fully saturated rings. The van der Waals surface area contributed by atoms with Crippen LogP contribution in [0.2, 0.25) is 0 Å². The fraction of sp³-hybridized carbons (Fsp3) is 0.0588. The molecule has 3 rings (SSSR count). The topological polar surface area (TPSA) is 66.4 Å². The van der Waals surface area contributed by atoms with Crippen molar-refractivity contribution in [3.8, 4) is 5.75 Å². The van der Waals surface area contributed by atoms with Gasteiger partial charge in [-0.1, -0.05) is 30.3 Å². The number of phenols is 1. The standard InChI is InChI=1S/C17H15NO3S/c1-12-16-9-8-15(11-13(16)7-10-17(12)19)22(20,21)18-14-5-3-2-4-6-14/h2-11,18-19H,1H3. The summed E-state index contributed by atoms with van der Waals surface area (Å²) in [7, 11) is -3.64. The average molecular weight is 313 g/mol. The summed E-state index contributed by atoms with van der Waals surface area (Å²) in [6.45, 7) is 1.80. The second-order valence-corrected chi connectivity index (χ2v) is 6.75. The lowest BCUT2D eigenvalue weighted by atomic mass is 10.1. The van der Waals surface area contributed by atoms with Crippen LogP contribution in [-0.4, -0.2) is 13.5 Å². The molecule has 0 aromatic heterocycles. The summed E-state index contributed by atoms with van der Waals surface area (Å²) in [5.41, 5.74) is 1.25. The van der Waals surface area contributed by atoms with Crippen LogP contribution in [0.15, 0.2) is 65.6 Å². The van der Waals surface area contributed by atoms with Gasteiger partial charge in [0, 0.05) is 5.69 Å². The minimum absolute atomic E-state index is 0.189. The Kier molecular flexibility index (Phi) is 3.50. The van der Waals surface area contributed by atoms with Gasteiger partial charge < -0.3 is 5.11 Å². The highest BCUT2D eigenvalue weighted by molar-refractivity contribution is 7.92. The molecule has 112 valence electrons. The highest BCUT2D eigenvalue weighted by Crippen LogP contribution is 2.28. The number of hydrogen-bond donors (Lipinski definition) is 2. The lowest BCUT2D eigenvalue weighted by molar-refractivity contribution is 0.472. The molecule has 3 aromatic carbocycles. The molecule has 0 unspecified atom stereocenters. The number of anilines is 1. The summed E-state index contributed by atoms with van der Waals surface area (Å²) in [6.07, 6.45) is 0. The minimum atomic E-state index is -3.64. The molecule has 0 aliphatic carbocycles. The monoisotopic (exact) mass is 313 g/mol. The van der Waals surface area contributed by atoms with Gasteiger partial charge in [0.25, 0.3) is 10.0 Å². The molecule has 0 bridgehead atoms. The molecule has 0 saturated carbocycles. The molecule has 22 heavy (non-hydrogen) atoms. The summed E-state index contributed by atoms with van der Waals surface area (Å²) >= 11 is 0. The van der Waals surface area contributed by atoms with Crippen LogP contribution in [0, 0.1) is 6.92 Å². The van der Waals surface area contributed by atoms with Crippen LogP contribution >= 0.6 is 0 Å². The summed E-state index contributed by atoms with van der Waals surface area (Å²) in [6, 6.07) is 16.9. The van der Waals surface area contributed by atoms with Crippen molar-refractivity contribution in [3.05, 3.63) is 66.2 Å². The SMILES string of the molecule is Cc1c(O)ccc2cc(S(=O)(=O)Nc3ccccc3)ccc12. The molecule has 0 atom stereocenters. The van der Waals surface area contributed by atoms with E-state index in [2.05, 4.69) is 4.72 Å². The highest BCUT2D eigenvalue weighted by Gasteiger charge is 2.15. The molecule has 0 spiro atoms. The number of aryl methyl sites for hydroxylation is 1. The van der Waals surface area contributed by atoms with Crippen molar-refractivity contribution in [2.45, 2.75) is 11.8 Å². The number of hydrogen-bond acceptors (Lipinski definition) is 3. The van der Waals surface area contributed by atoms with Crippen LogP contribution in [-0.2, 0) is 10.0 Å². The molecule has 3 aromatic rings. The fourth-order valence-electron chi connectivity index (χ4n) is 2.34. The third-order valence-electron chi connectivity index (χ3n) is 3.57. The maximum atomic E-state index is 12.4. The van der Waals surface area contributed by atoms with E-state index in [1.54, 1.807) is 61.5 Å². The van der Waals surface area contributed by atoms with Crippen molar-refractivity contribution < 1.29 is 13.5 Å². The van der Waals surface area contributed by atoms with Crippen LogP contribution in [0.25, 0.3) is 10.8 Å². The van der Waals surface area contributed by atoms with Crippen LogP contribution in [0.4, 0.5) is 5.69 Å². The van der Waals surface area contributed by atoms with Gasteiger partial charge in [0.2, 0.25) is 0 Å². The van der Waals surface area contributed by atoms with E-state index in [9.17, 15) is 13.5 Å². The maximum Gasteiger partial charge on any atom is 0.261 e. The average Bonchev–Trinajstić information content (AvgIpc) is 2.51. The van der Waals surface area contributed by atoms with Crippen molar-refractivity contribution in [3.63, 3.8) is 0 Å². The van der Waals surface area contributed by atoms with Gasteiger partial charge >= 0.3 is 0 Å². The van der Waals surface area contributed by atoms with Gasteiger partial charge in [-0.05, 0) is 53.6 Å². The van der Waals surface area contributed by atoms with E-state index in [0.717, 1.165) is 16.3 Å². The largest absolute Gasteiger partial charge is 0.508 e. The molecule has 2 N–H and O–H groups in total. The summed E-state index contributed by atoms with van der Waals surface area (Å²) in [4.78, 5) is 0.189. The molecule has 0 heterocycles. The Hall–Kier alpha value is -2.53. The van der Waals surface area contributed by atoms with Crippen LogP contribution < -0.4 is 4.72 Å². The smallest absolute Gasteiger partial charge is 0.261 e. The third-order valence-corrected chi connectivity index (χ3v) is 4.95. The number of aromatic hydroxyl groups is 1. The van der Waals surface area contributed by atoms with Gasteiger partial charge in [-0.15, -0.1) is 0 Å². The van der Waals surface area contributed by atoms with E-state index in [4.69, 9.17) is 0 Å². The van der Waals surface area contributed by atoms with Gasteiger partial charge in [0.1, 0.15) is 5.75 Å². The first-order valence-electron chi connectivity index (χ1n) is 6.77. The van der Waals surface area contributed by atoms with Crippen LogP contribution in [0.3, 0.4) is 0 Å². The number of sulfonamides is 1. The zero-order valence-electron chi connectivity index (χ0n) is 11.9. The summed E-state index contributed by atoms with van der Waals surface area (Å²) in [5.74, 6) is 0.200. The Balaban J connectivity index is 2.04. The molecule has 0 radical (unpaired) electrons. The van der Waals surface area contributed by atoms with Crippen molar-refractivity contribution in [1.29, 1.82) is 0 Å². The van der Waals surface area contributed by atoms with Crippen molar-refractivity contribution in [2.75, 3.05) is 4.72 Å². The van der Waals surface area contributed by atoms with Gasteiger partial charge in [-0.3, -0.25) is 4.72 Å². The highest BCUT2D eigenvalue weighted by atomic mass is 32.2. The zero-order chi connectivity index (χ0) is 15.7. The van der Waals surface area contributed by atoms with Gasteiger partial charge in [-0.2, -0.15) is 0 Å². The number of rotatable bonds is 3. The zero-order valence-corrected chi connectivity index (χ0v) is 12.8. The first kappa shape index (κ1) is 14.4. The van der Waals surface area contributed by atoms with E-state index >= 15 is 0 Å². The van der Waals surface area contributed by atoms with Gasteiger partial charge in [0.05, 0.1) is 4.90 Å². The van der Waals surface area contributed by atoms with Gasteiger partial charge in [-0.25, -0.2) is 8.42 Å². The Bertz CT molecular complexity index is 935. The summed E-state index contributed by atoms with van der Waals surface area (Å²) < 4.78 is 27.4. The van der Waals surface area contributed by atoms with E-state index < -0.39 is 10.0 Å². The fourth-order valence-corrected chi connectivity index (χ4v) is 3.43. The Morgan fingerprint density at radius 1 is 0.955 bits per heavy atom. The predicted octanol–water partition coefficient (Wildman–Crippen LogP) is 3.65. The maximum absolute atomic E-state index is 12.4. The van der Waals surface area contributed by atoms with E-state index in [1.165, 1.54) is 0 Å². The third kappa shape index (κ3) is 2.63. The number of para-hydroxylation sites is 1. The van der Waals surface area contributed by atoms with Crippen molar-refractivity contribution >= 4 is 26.5 Å². The molecule has 0 aliphatic heterocycles. The van der Waals surface area contributed by atoms with Crippen LogP contribution in [0.5, 0.6) is 5.75 Å². The van der Waals surface area contributed by atoms with E-state index in [1.807, 2.05) is 6.07 Å². The molecule has 5 heteroatoms. The second-order valence-electron chi connectivity index (χ2n) is 5.06. The molecular formula is C17H15NO3S. The number of fused-ring (bicyclic) bond motifs is 1.